The maximum absolute atomic E-state index is 13.5. The van der Waals surface area contributed by atoms with Crippen molar-refractivity contribution in [3.05, 3.63) is 35.1 Å². The number of alkyl halides is 3. The second-order valence-electron chi connectivity index (χ2n) is 6.56. The van der Waals surface area contributed by atoms with Crippen LogP contribution < -0.4 is 5.32 Å². The Morgan fingerprint density at radius 2 is 1.82 bits per heavy atom. The molecule has 22 heavy (non-hydrogen) atoms. The Morgan fingerprint density at radius 3 is 2.50 bits per heavy atom. The zero-order chi connectivity index (χ0) is 15.8. The Balaban J connectivity index is 1.70. The van der Waals surface area contributed by atoms with E-state index in [1.165, 1.54) is 6.07 Å². The fourth-order valence-electron chi connectivity index (χ4n) is 3.69. The van der Waals surface area contributed by atoms with Gasteiger partial charge in [-0.25, -0.2) is 4.39 Å². The van der Waals surface area contributed by atoms with Crippen molar-refractivity contribution in [2.24, 2.45) is 5.41 Å². The number of rotatable bonds is 2. The average Bonchev–Trinajstić information content (AvgIpc) is 2.80. The van der Waals surface area contributed by atoms with Crippen molar-refractivity contribution < 1.29 is 17.6 Å². The minimum Gasteiger partial charge on any atom is -0.317 e. The molecule has 0 radical (unpaired) electrons. The first-order chi connectivity index (χ1) is 10.4. The van der Waals surface area contributed by atoms with E-state index in [4.69, 9.17) is 0 Å². The molecule has 2 aliphatic rings. The number of nitrogens with one attached hydrogen (secondary N) is 1. The molecule has 1 N–H and O–H groups in total. The SMILES string of the molecule is Fc1cc(CN2CCC3(CCNCC3)C2)cc(C(F)(F)F)c1. The van der Waals surface area contributed by atoms with Crippen LogP contribution >= 0.6 is 0 Å². The van der Waals surface area contributed by atoms with Gasteiger partial charge in [0.25, 0.3) is 0 Å². The Hall–Kier alpha value is -1.14. The standard InChI is InChI=1S/C16H20F4N2/c17-14-8-12(7-13(9-14)16(18,19)20)10-22-6-3-15(11-22)1-4-21-5-2-15/h7-9,21H,1-6,10-11H2. The number of likely N-dealkylation sites (tertiary alicyclic amines) is 1. The third-order valence-electron chi connectivity index (χ3n) is 4.87. The minimum absolute atomic E-state index is 0.297. The molecule has 2 fully saturated rings. The molecule has 2 aliphatic heterocycles. The molecule has 1 aromatic carbocycles. The lowest BCUT2D eigenvalue weighted by molar-refractivity contribution is -0.137. The van der Waals surface area contributed by atoms with Gasteiger partial charge in [0.15, 0.2) is 0 Å². The first-order valence-corrected chi connectivity index (χ1v) is 7.66. The summed E-state index contributed by atoms with van der Waals surface area (Å²) in [7, 11) is 0. The zero-order valence-corrected chi connectivity index (χ0v) is 12.3. The van der Waals surface area contributed by atoms with Gasteiger partial charge in [0.2, 0.25) is 0 Å². The first kappa shape index (κ1) is 15.7. The lowest BCUT2D eigenvalue weighted by Crippen LogP contribution is -2.38. The van der Waals surface area contributed by atoms with Crippen LogP contribution in [0.3, 0.4) is 0 Å². The van der Waals surface area contributed by atoms with Crippen molar-refractivity contribution in [3.63, 3.8) is 0 Å². The van der Waals surface area contributed by atoms with Gasteiger partial charge in [-0.2, -0.15) is 13.2 Å². The molecule has 1 spiro atoms. The fourth-order valence-corrected chi connectivity index (χ4v) is 3.69. The van der Waals surface area contributed by atoms with E-state index in [0.717, 1.165) is 51.5 Å². The van der Waals surface area contributed by atoms with Gasteiger partial charge in [-0.15, -0.1) is 0 Å². The van der Waals surface area contributed by atoms with Crippen molar-refractivity contribution in [3.8, 4) is 0 Å². The topological polar surface area (TPSA) is 15.3 Å². The molecule has 0 bridgehead atoms. The number of piperidine rings is 1. The van der Waals surface area contributed by atoms with Crippen molar-refractivity contribution in [2.75, 3.05) is 26.2 Å². The summed E-state index contributed by atoms with van der Waals surface area (Å²) in [6.07, 6.45) is -1.20. The molecular formula is C16H20F4N2. The smallest absolute Gasteiger partial charge is 0.317 e. The maximum Gasteiger partial charge on any atom is 0.416 e. The molecule has 2 nitrogen and oxygen atoms in total. The maximum atomic E-state index is 13.5. The number of hydrogen-bond acceptors (Lipinski definition) is 2. The van der Waals surface area contributed by atoms with Crippen LogP contribution in [0.2, 0.25) is 0 Å². The van der Waals surface area contributed by atoms with Crippen LogP contribution in [0, 0.1) is 11.2 Å². The van der Waals surface area contributed by atoms with E-state index in [1.807, 2.05) is 0 Å². The molecule has 0 aromatic heterocycles. The highest BCUT2D eigenvalue weighted by Crippen LogP contribution is 2.39. The molecule has 2 saturated heterocycles. The normalized spacial score (nSPS) is 22.4. The average molecular weight is 316 g/mol. The van der Waals surface area contributed by atoms with Gasteiger partial charge in [-0.05, 0) is 68.1 Å². The van der Waals surface area contributed by atoms with Gasteiger partial charge < -0.3 is 5.32 Å². The van der Waals surface area contributed by atoms with Crippen LogP contribution in [0.4, 0.5) is 17.6 Å². The van der Waals surface area contributed by atoms with Crippen LogP contribution in [0.5, 0.6) is 0 Å². The summed E-state index contributed by atoms with van der Waals surface area (Å²) in [4.78, 5) is 2.15. The summed E-state index contributed by atoms with van der Waals surface area (Å²) in [5, 5.41) is 3.34. The van der Waals surface area contributed by atoms with Gasteiger partial charge >= 0.3 is 6.18 Å². The second-order valence-corrected chi connectivity index (χ2v) is 6.56. The zero-order valence-electron chi connectivity index (χ0n) is 12.3. The van der Waals surface area contributed by atoms with E-state index in [-0.39, 0.29) is 0 Å². The highest BCUT2D eigenvalue weighted by molar-refractivity contribution is 5.27. The van der Waals surface area contributed by atoms with Crippen molar-refractivity contribution >= 4 is 0 Å². The van der Waals surface area contributed by atoms with E-state index in [0.29, 0.717) is 23.6 Å². The molecule has 6 heteroatoms. The predicted octanol–water partition coefficient (Wildman–Crippen LogP) is 3.42. The molecule has 0 aliphatic carbocycles. The molecule has 3 rings (SSSR count). The summed E-state index contributed by atoms with van der Waals surface area (Å²) in [5.74, 6) is -0.819. The summed E-state index contributed by atoms with van der Waals surface area (Å²) in [6.45, 7) is 4.17. The highest BCUT2D eigenvalue weighted by atomic mass is 19.4. The summed E-state index contributed by atoms with van der Waals surface area (Å²) in [5.41, 5.74) is -0.206. The van der Waals surface area contributed by atoms with E-state index in [1.54, 1.807) is 0 Å². The predicted molar refractivity (Wildman–Crippen MR) is 75.8 cm³/mol. The third-order valence-corrected chi connectivity index (χ3v) is 4.87. The van der Waals surface area contributed by atoms with E-state index < -0.39 is 17.6 Å². The van der Waals surface area contributed by atoms with Crippen LogP contribution in [-0.2, 0) is 12.7 Å². The van der Waals surface area contributed by atoms with Crippen LogP contribution in [0.15, 0.2) is 18.2 Å². The Labute approximate surface area is 127 Å². The number of benzene rings is 1. The fraction of sp³-hybridized carbons (Fsp3) is 0.625. The summed E-state index contributed by atoms with van der Waals surface area (Å²) < 4.78 is 51.7. The van der Waals surface area contributed by atoms with E-state index in [2.05, 4.69) is 10.2 Å². The van der Waals surface area contributed by atoms with E-state index >= 15 is 0 Å². The van der Waals surface area contributed by atoms with Crippen molar-refractivity contribution in [1.82, 2.24) is 10.2 Å². The number of halogens is 4. The Morgan fingerprint density at radius 1 is 1.09 bits per heavy atom. The summed E-state index contributed by atoms with van der Waals surface area (Å²) in [6, 6.07) is 2.83. The highest BCUT2D eigenvalue weighted by Gasteiger charge is 2.39. The molecule has 122 valence electrons. The number of nitrogens with zero attached hydrogens (tertiary/aromatic N) is 1. The van der Waals surface area contributed by atoms with Crippen LogP contribution in [0.1, 0.15) is 30.4 Å². The minimum atomic E-state index is -4.50. The quantitative estimate of drug-likeness (QED) is 0.841. The van der Waals surface area contributed by atoms with Gasteiger partial charge in [-0.3, -0.25) is 4.90 Å². The molecule has 0 saturated carbocycles. The lowest BCUT2D eigenvalue weighted by atomic mass is 9.78. The lowest BCUT2D eigenvalue weighted by Gasteiger charge is -2.34. The molecule has 1 aromatic rings. The Bertz CT molecular complexity index is 535. The first-order valence-electron chi connectivity index (χ1n) is 7.66. The molecule has 0 amide bonds. The van der Waals surface area contributed by atoms with Crippen molar-refractivity contribution in [2.45, 2.75) is 32.0 Å². The van der Waals surface area contributed by atoms with Gasteiger partial charge in [-0.1, -0.05) is 0 Å². The largest absolute Gasteiger partial charge is 0.416 e. The molecule has 2 heterocycles. The van der Waals surface area contributed by atoms with Gasteiger partial charge in [0.05, 0.1) is 5.56 Å². The molecule has 0 atom stereocenters. The number of hydrogen-bond donors (Lipinski definition) is 1. The third kappa shape index (κ3) is 3.43. The van der Waals surface area contributed by atoms with Crippen LogP contribution in [-0.4, -0.2) is 31.1 Å². The van der Waals surface area contributed by atoms with Gasteiger partial charge in [0, 0.05) is 13.1 Å². The molecular weight excluding hydrogens is 296 g/mol. The second kappa shape index (κ2) is 5.81. The Kier molecular flexibility index (Phi) is 4.16. The summed E-state index contributed by atoms with van der Waals surface area (Å²) >= 11 is 0. The molecule has 0 unspecified atom stereocenters. The van der Waals surface area contributed by atoms with Gasteiger partial charge in [0.1, 0.15) is 5.82 Å². The van der Waals surface area contributed by atoms with E-state index in [9.17, 15) is 17.6 Å². The van der Waals surface area contributed by atoms with Crippen molar-refractivity contribution in [1.29, 1.82) is 0 Å². The van der Waals surface area contributed by atoms with Crippen LogP contribution in [0.25, 0.3) is 0 Å². The monoisotopic (exact) mass is 316 g/mol.